The molecule has 140 valence electrons. The summed E-state index contributed by atoms with van der Waals surface area (Å²) in [6.45, 7) is 2.70. The van der Waals surface area contributed by atoms with Crippen LogP contribution in [0.2, 0.25) is 0 Å². The minimum absolute atomic E-state index is 0.308. The van der Waals surface area contributed by atoms with Gasteiger partial charge in [-0.05, 0) is 55.0 Å². The second kappa shape index (κ2) is 8.01. The Hall–Kier alpha value is -3.53. The van der Waals surface area contributed by atoms with Crippen LogP contribution < -0.4 is 4.74 Å². The highest BCUT2D eigenvalue weighted by molar-refractivity contribution is 5.90. The van der Waals surface area contributed by atoms with Crippen molar-refractivity contribution >= 4 is 16.9 Å². The summed E-state index contributed by atoms with van der Waals surface area (Å²) in [5.41, 5.74) is 3.64. The topological polar surface area (TPSA) is 40.5 Å². The molecule has 4 heteroatoms. The molecule has 0 radical (unpaired) electrons. The molecule has 0 saturated carbocycles. The first kappa shape index (κ1) is 17.9. The fraction of sp³-hybridized carbons (Fsp3) is 0.125. The predicted molar refractivity (Wildman–Crippen MR) is 110 cm³/mol. The fourth-order valence-electron chi connectivity index (χ4n) is 3.17. The van der Waals surface area contributed by atoms with Crippen molar-refractivity contribution in [2.24, 2.45) is 0 Å². The van der Waals surface area contributed by atoms with Gasteiger partial charge in [-0.15, -0.1) is 0 Å². The number of ether oxygens (including phenoxy) is 2. The largest absolute Gasteiger partial charge is 0.489 e. The maximum absolute atomic E-state index is 12.0. The lowest BCUT2D eigenvalue weighted by atomic mass is 10.2. The van der Waals surface area contributed by atoms with Gasteiger partial charge in [-0.3, -0.25) is 0 Å². The summed E-state index contributed by atoms with van der Waals surface area (Å²) in [7, 11) is 0. The number of carbonyl (C=O) groups is 1. The number of aromatic nitrogens is 1. The highest BCUT2D eigenvalue weighted by atomic mass is 16.5. The molecule has 1 aromatic heterocycles. The molecule has 4 nitrogen and oxygen atoms in total. The molecule has 0 fully saturated rings. The Bertz CT molecular complexity index is 1100. The maximum atomic E-state index is 12.0. The van der Waals surface area contributed by atoms with E-state index in [2.05, 4.69) is 4.57 Å². The Morgan fingerprint density at radius 2 is 1.79 bits per heavy atom. The van der Waals surface area contributed by atoms with Gasteiger partial charge in [0, 0.05) is 17.3 Å². The lowest BCUT2D eigenvalue weighted by Gasteiger charge is -2.09. The van der Waals surface area contributed by atoms with Crippen LogP contribution in [-0.2, 0) is 11.3 Å². The van der Waals surface area contributed by atoms with E-state index in [0.717, 1.165) is 27.9 Å². The average molecular weight is 371 g/mol. The molecule has 0 atom stereocenters. The smallest absolute Gasteiger partial charge is 0.338 e. The van der Waals surface area contributed by atoms with E-state index in [1.54, 1.807) is 13.0 Å². The van der Waals surface area contributed by atoms with Crippen molar-refractivity contribution in [3.05, 3.63) is 96.2 Å². The molecule has 0 aliphatic rings. The first-order chi connectivity index (χ1) is 13.7. The minimum atomic E-state index is -0.308. The Morgan fingerprint density at radius 1 is 0.929 bits per heavy atom. The number of hydrogen-bond acceptors (Lipinski definition) is 3. The van der Waals surface area contributed by atoms with Crippen LogP contribution in [0.15, 0.2) is 85.1 Å². The summed E-state index contributed by atoms with van der Waals surface area (Å²) in [6.07, 6.45) is 2.00. The zero-order valence-corrected chi connectivity index (χ0v) is 15.7. The van der Waals surface area contributed by atoms with Crippen molar-refractivity contribution in [3.63, 3.8) is 0 Å². The quantitative estimate of drug-likeness (QED) is 0.427. The van der Waals surface area contributed by atoms with Gasteiger partial charge in [0.2, 0.25) is 0 Å². The third-order valence-corrected chi connectivity index (χ3v) is 4.55. The highest BCUT2D eigenvalue weighted by Gasteiger charge is 2.10. The molecule has 0 spiro atoms. The van der Waals surface area contributed by atoms with E-state index >= 15 is 0 Å². The second-order valence-electron chi connectivity index (χ2n) is 6.45. The molecule has 28 heavy (non-hydrogen) atoms. The van der Waals surface area contributed by atoms with Gasteiger partial charge in [-0.25, -0.2) is 4.79 Å². The third-order valence-electron chi connectivity index (χ3n) is 4.55. The molecule has 0 N–H and O–H groups in total. The van der Waals surface area contributed by atoms with Crippen LogP contribution in [0.4, 0.5) is 0 Å². The molecular formula is C24H21NO3. The molecule has 0 bridgehead atoms. The summed E-state index contributed by atoms with van der Waals surface area (Å²) in [5.74, 6) is 0.520. The average Bonchev–Trinajstić information content (AvgIpc) is 3.16. The van der Waals surface area contributed by atoms with Gasteiger partial charge in [0.05, 0.1) is 17.7 Å². The Kier molecular flexibility index (Phi) is 5.11. The van der Waals surface area contributed by atoms with Gasteiger partial charge in [-0.2, -0.15) is 0 Å². The van der Waals surface area contributed by atoms with Crippen LogP contribution in [0.25, 0.3) is 16.6 Å². The highest BCUT2D eigenvalue weighted by Crippen LogP contribution is 2.26. The number of rotatable bonds is 6. The van der Waals surface area contributed by atoms with Crippen LogP contribution in [-0.4, -0.2) is 17.1 Å². The summed E-state index contributed by atoms with van der Waals surface area (Å²) < 4.78 is 13.1. The number of fused-ring (bicyclic) bond motifs is 1. The SMILES string of the molecule is CCOC(=O)c1cccc(-n2ccc3cc(OCc4ccccc4)ccc32)c1. The number of esters is 1. The van der Waals surface area contributed by atoms with Gasteiger partial charge in [0.1, 0.15) is 12.4 Å². The monoisotopic (exact) mass is 371 g/mol. The summed E-state index contributed by atoms with van der Waals surface area (Å²) in [6, 6.07) is 25.6. The molecular weight excluding hydrogens is 350 g/mol. The second-order valence-corrected chi connectivity index (χ2v) is 6.45. The summed E-state index contributed by atoms with van der Waals surface area (Å²) in [5, 5.41) is 1.08. The zero-order chi connectivity index (χ0) is 19.3. The minimum Gasteiger partial charge on any atom is -0.489 e. The van der Waals surface area contributed by atoms with E-state index in [0.29, 0.717) is 18.8 Å². The van der Waals surface area contributed by atoms with E-state index in [1.165, 1.54) is 0 Å². The van der Waals surface area contributed by atoms with Crippen molar-refractivity contribution in [1.82, 2.24) is 4.57 Å². The van der Waals surface area contributed by atoms with E-state index in [-0.39, 0.29) is 5.97 Å². The number of benzene rings is 3. The molecule has 3 aromatic carbocycles. The first-order valence-electron chi connectivity index (χ1n) is 9.30. The van der Waals surface area contributed by atoms with E-state index in [4.69, 9.17) is 9.47 Å². The van der Waals surface area contributed by atoms with Gasteiger partial charge in [-0.1, -0.05) is 36.4 Å². The maximum Gasteiger partial charge on any atom is 0.338 e. The van der Waals surface area contributed by atoms with Gasteiger partial charge in [0.15, 0.2) is 0 Å². The first-order valence-corrected chi connectivity index (χ1v) is 9.30. The Morgan fingerprint density at radius 3 is 2.61 bits per heavy atom. The van der Waals surface area contributed by atoms with Crippen LogP contribution in [0.1, 0.15) is 22.8 Å². The molecule has 0 amide bonds. The molecule has 4 aromatic rings. The zero-order valence-electron chi connectivity index (χ0n) is 15.7. The van der Waals surface area contributed by atoms with Crippen molar-refractivity contribution in [2.45, 2.75) is 13.5 Å². The Labute approximate surface area is 163 Å². The molecule has 0 saturated heterocycles. The number of carbonyl (C=O) groups excluding carboxylic acids is 1. The molecule has 0 aliphatic carbocycles. The van der Waals surface area contributed by atoms with Gasteiger partial charge < -0.3 is 14.0 Å². The fourth-order valence-corrected chi connectivity index (χ4v) is 3.17. The van der Waals surface area contributed by atoms with Crippen LogP contribution >= 0.6 is 0 Å². The van der Waals surface area contributed by atoms with Gasteiger partial charge >= 0.3 is 5.97 Å². The lowest BCUT2D eigenvalue weighted by molar-refractivity contribution is 0.0526. The lowest BCUT2D eigenvalue weighted by Crippen LogP contribution is -2.05. The number of hydrogen-bond donors (Lipinski definition) is 0. The standard InChI is InChI=1S/C24H21NO3/c1-2-27-24(26)20-9-6-10-21(15-20)25-14-13-19-16-22(11-12-23(19)25)28-17-18-7-4-3-5-8-18/h3-16H,2,17H2,1H3. The van der Waals surface area contributed by atoms with Crippen LogP contribution in [0.3, 0.4) is 0 Å². The molecule has 4 rings (SSSR count). The summed E-state index contributed by atoms with van der Waals surface area (Å²) in [4.78, 5) is 12.0. The molecule has 0 unspecified atom stereocenters. The predicted octanol–water partition coefficient (Wildman–Crippen LogP) is 5.39. The van der Waals surface area contributed by atoms with E-state index in [9.17, 15) is 4.79 Å². The molecule has 0 aliphatic heterocycles. The Balaban J connectivity index is 1.58. The van der Waals surface area contributed by atoms with E-state index in [1.807, 2.05) is 79.0 Å². The van der Waals surface area contributed by atoms with Crippen molar-refractivity contribution in [3.8, 4) is 11.4 Å². The van der Waals surface area contributed by atoms with Crippen molar-refractivity contribution < 1.29 is 14.3 Å². The summed E-state index contributed by atoms with van der Waals surface area (Å²) >= 11 is 0. The van der Waals surface area contributed by atoms with E-state index < -0.39 is 0 Å². The number of nitrogens with zero attached hydrogens (tertiary/aromatic N) is 1. The third kappa shape index (κ3) is 3.76. The van der Waals surface area contributed by atoms with Crippen LogP contribution in [0, 0.1) is 0 Å². The van der Waals surface area contributed by atoms with Crippen LogP contribution in [0.5, 0.6) is 5.75 Å². The normalized spacial score (nSPS) is 10.8. The van der Waals surface area contributed by atoms with Crippen molar-refractivity contribution in [1.29, 1.82) is 0 Å². The van der Waals surface area contributed by atoms with Crippen molar-refractivity contribution in [2.75, 3.05) is 6.61 Å². The van der Waals surface area contributed by atoms with Gasteiger partial charge in [0.25, 0.3) is 0 Å². The molecule has 1 heterocycles.